The second-order valence-electron chi connectivity index (χ2n) is 6.03. The summed E-state index contributed by atoms with van der Waals surface area (Å²) in [5.74, 6) is 9.56. The molecule has 0 fully saturated rings. The highest BCUT2D eigenvalue weighted by molar-refractivity contribution is 7.98. The van der Waals surface area contributed by atoms with E-state index in [0.717, 1.165) is 12.2 Å². The van der Waals surface area contributed by atoms with Crippen LogP contribution in [0.15, 0.2) is 33.9 Å². The fourth-order valence-corrected chi connectivity index (χ4v) is 2.93. The molecule has 9 heteroatoms. The van der Waals surface area contributed by atoms with Gasteiger partial charge in [-0.3, -0.25) is 0 Å². The fourth-order valence-electron chi connectivity index (χ4n) is 2.22. The summed E-state index contributed by atoms with van der Waals surface area (Å²) in [6.45, 7) is 6.53. The Kier molecular flexibility index (Phi) is 5.77. The van der Waals surface area contributed by atoms with Gasteiger partial charge in [-0.15, -0.1) is 10.2 Å². The van der Waals surface area contributed by atoms with Crippen molar-refractivity contribution in [2.45, 2.75) is 50.6 Å². The molecule has 138 valence electrons. The molecule has 0 saturated heterocycles. The summed E-state index contributed by atoms with van der Waals surface area (Å²) in [6, 6.07) is 8.01. The number of rotatable bonds is 8. The van der Waals surface area contributed by atoms with Crippen molar-refractivity contribution in [2.75, 3.05) is 5.84 Å². The molecule has 0 saturated carbocycles. The Labute approximate surface area is 156 Å². The first kappa shape index (κ1) is 18.2. The molecule has 1 aromatic carbocycles. The Bertz CT molecular complexity index is 843. The van der Waals surface area contributed by atoms with Gasteiger partial charge >= 0.3 is 0 Å². The largest absolute Gasteiger partial charge is 0.486 e. The Hall–Kier alpha value is -2.55. The average Bonchev–Trinajstić information content (AvgIpc) is 3.25. The Morgan fingerprint density at radius 1 is 1.23 bits per heavy atom. The second kappa shape index (κ2) is 8.22. The lowest BCUT2D eigenvalue weighted by Crippen LogP contribution is -2.15. The van der Waals surface area contributed by atoms with Crippen LogP contribution in [0, 0.1) is 0 Å². The van der Waals surface area contributed by atoms with Crippen molar-refractivity contribution in [3.63, 3.8) is 0 Å². The smallest absolute Gasteiger partial charge is 0.237 e. The molecule has 0 radical (unpaired) electrons. The molecule has 8 nitrogen and oxygen atoms in total. The molecule has 3 rings (SSSR count). The molecule has 2 heterocycles. The van der Waals surface area contributed by atoms with Crippen LogP contribution >= 0.6 is 11.8 Å². The van der Waals surface area contributed by atoms with E-state index in [-0.39, 0.29) is 6.61 Å². The molecule has 0 atom stereocenters. The Morgan fingerprint density at radius 2 is 2.00 bits per heavy atom. The number of thioether (sulfide) groups is 1. The van der Waals surface area contributed by atoms with Gasteiger partial charge in [-0.1, -0.05) is 49.8 Å². The maximum absolute atomic E-state index is 6.05. The number of benzene rings is 1. The minimum absolute atomic E-state index is 0.242. The Morgan fingerprint density at radius 3 is 2.65 bits per heavy atom. The number of hydrogen-bond donors (Lipinski definition) is 1. The van der Waals surface area contributed by atoms with Crippen molar-refractivity contribution in [1.29, 1.82) is 0 Å². The van der Waals surface area contributed by atoms with Crippen LogP contribution < -0.4 is 10.6 Å². The summed E-state index contributed by atoms with van der Waals surface area (Å²) in [4.78, 5) is 4.25. The van der Waals surface area contributed by atoms with Crippen LogP contribution in [0.5, 0.6) is 5.75 Å². The molecule has 2 N–H and O–H groups in total. The number of hydrogen-bond acceptors (Lipinski definition) is 8. The van der Waals surface area contributed by atoms with Crippen molar-refractivity contribution in [3.8, 4) is 5.75 Å². The molecule has 0 bridgehead atoms. The molecule has 3 aromatic rings. The molecule has 0 aliphatic carbocycles. The number of aryl methyl sites for hydroxylation is 1. The van der Waals surface area contributed by atoms with Crippen LogP contribution in [0.4, 0.5) is 0 Å². The van der Waals surface area contributed by atoms with Gasteiger partial charge in [0.05, 0.1) is 5.75 Å². The number of nitrogen functional groups attached to an aromatic ring is 1. The molecular weight excluding hydrogens is 352 g/mol. The van der Waals surface area contributed by atoms with Gasteiger partial charge in [0, 0.05) is 6.42 Å². The van der Waals surface area contributed by atoms with E-state index in [0.29, 0.717) is 34.4 Å². The van der Waals surface area contributed by atoms with Crippen molar-refractivity contribution < 1.29 is 9.26 Å². The monoisotopic (exact) mass is 374 g/mol. The third kappa shape index (κ3) is 4.34. The van der Waals surface area contributed by atoms with Crippen LogP contribution in [-0.4, -0.2) is 25.0 Å². The van der Waals surface area contributed by atoms with E-state index >= 15 is 0 Å². The van der Waals surface area contributed by atoms with E-state index in [1.165, 1.54) is 22.0 Å². The first-order valence-corrected chi connectivity index (χ1v) is 9.41. The topological polar surface area (TPSA) is 105 Å². The predicted octanol–water partition coefficient (Wildman–Crippen LogP) is 2.93. The maximum atomic E-state index is 6.05. The molecule has 2 aromatic heterocycles. The van der Waals surface area contributed by atoms with E-state index in [9.17, 15) is 0 Å². The number of ether oxygens (including phenoxy) is 1. The fraction of sp³-hybridized carbons (Fsp3) is 0.412. The highest BCUT2D eigenvalue weighted by Crippen LogP contribution is 2.21. The second-order valence-corrected chi connectivity index (χ2v) is 6.97. The molecular formula is C17H22N6O2S. The van der Waals surface area contributed by atoms with Gasteiger partial charge in [-0.2, -0.15) is 4.98 Å². The van der Waals surface area contributed by atoms with E-state index in [1.807, 2.05) is 19.1 Å². The van der Waals surface area contributed by atoms with Crippen molar-refractivity contribution in [2.24, 2.45) is 0 Å². The molecule has 0 aliphatic rings. The molecule has 0 unspecified atom stereocenters. The summed E-state index contributed by atoms with van der Waals surface area (Å²) >= 11 is 1.38. The number of nitrogens with zero attached hydrogens (tertiary/aromatic N) is 5. The number of aromatic nitrogens is 5. The lowest BCUT2D eigenvalue weighted by molar-refractivity contribution is 0.291. The zero-order valence-corrected chi connectivity index (χ0v) is 15.9. The minimum atomic E-state index is 0.242. The molecule has 0 spiro atoms. The van der Waals surface area contributed by atoms with E-state index < -0.39 is 0 Å². The highest BCUT2D eigenvalue weighted by atomic mass is 32.2. The third-order valence-electron chi connectivity index (χ3n) is 3.80. The predicted molar refractivity (Wildman–Crippen MR) is 98.3 cm³/mol. The average molecular weight is 374 g/mol. The summed E-state index contributed by atoms with van der Waals surface area (Å²) < 4.78 is 12.3. The van der Waals surface area contributed by atoms with Crippen LogP contribution in [0.3, 0.4) is 0 Å². The maximum Gasteiger partial charge on any atom is 0.237 e. The zero-order valence-electron chi connectivity index (χ0n) is 15.0. The van der Waals surface area contributed by atoms with Gasteiger partial charge < -0.3 is 15.1 Å². The molecule has 0 aliphatic heterocycles. The van der Waals surface area contributed by atoms with Gasteiger partial charge in [-0.05, 0) is 23.6 Å². The van der Waals surface area contributed by atoms with Gasteiger partial charge in [0.2, 0.25) is 11.0 Å². The standard InChI is InChI=1S/C17H22N6O2S/c1-4-14-19-16(25-22-14)10-26-17-21-20-15(23(17)18)9-24-13-7-5-12(6-8-13)11(2)3/h5-8,11H,4,9-10,18H2,1-3H3. The molecule has 26 heavy (non-hydrogen) atoms. The van der Waals surface area contributed by atoms with Crippen LogP contribution in [0.1, 0.15) is 49.8 Å². The van der Waals surface area contributed by atoms with Crippen molar-refractivity contribution in [1.82, 2.24) is 25.0 Å². The summed E-state index contributed by atoms with van der Waals surface area (Å²) in [5.41, 5.74) is 1.27. The summed E-state index contributed by atoms with van der Waals surface area (Å²) in [5, 5.41) is 12.6. The minimum Gasteiger partial charge on any atom is -0.486 e. The van der Waals surface area contributed by atoms with E-state index in [2.05, 4.69) is 46.3 Å². The first-order valence-electron chi connectivity index (χ1n) is 8.43. The molecule has 0 amide bonds. The lowest BCUT2D eigenvalue weighted by Gasteiger charge is -2.08. The Balaban J connectivity index is 1.56. The van der Waals surface area contributed by atoms with Gasteiger partial charge in [-0.25, -0.2) is 4.68 Å². The van der Waals surface area contributed by atoms with E-state index in [1.54, 1.807) is 0 Å². The van der Waals surface area contributed by atoms with Crippen molar-refractivity contribution in [3.05, 3.63) is 47.4 Å². The quantitative estimate of drug-likeness (QED) is 0.474. The first-order chi connectivity index (χ1) is 12.6. The van der Waals surface area contributed by atoms with Crippen molar-refractivity contribution >= 4 is 11.8 Å². The van der Waals surface area contributed by atoms with Gasteiger partial charge in [0.25, 0.3) is 0 Å². The lowest BCUT2D eigenvalue weighted by atomic mass is 10.0. The van der Waals surface area contributed by atoms with Gasteiger partial charge in [0.1, 0.15) is 12.4 Å². The summed E-state index contributed by atoms with van der Waals surface area (Å²) in [6.07, 6.45) is 0.737. The SMILES string of the molecule is CCc1noc(CSc2nnc(COc3ccc(C(C)C)cc3)n2N)n1. The third-order valence-corrected chi connectivity index (χ3v) is 4.73. The van der Waals surface area contributed by atoms with Crippen LogP contribution in [-0.2, 0) is 18.8 Å². The van der Waals surface area contributed by atoms with E-state index in [4.69, 9.17) is 15.1 Å². The van der Waals surface area contributed by atoms with Crippen LogP contribution in [0.2, 0.25) is 0 Å². The summed E-state index contributed by atoms with van der Waals surface area (Å²) in [7, 11) is 0. The van der Waals surface area contributed by atoms with Gasteiger partial charge in [0.15, 0.2) is 11.6 Å². The number of nitrogens with two attached hydrogens (primary N) is 1. The zero-order chi connectivity index (χ0) is 18.5. The van der Waals surface area contributed by atoms with Crippen LogP contribution in [0.25, 0.3) is 0 Å². The highest BCUT2D eigenvalue weighted by Gasteiger charge is 2.13. The normalized spacial score (nSPS) is 11.2.